The lowest BCUT2D eigenvalue weighted by Gasteiger charge is -2.25. The lowest BCUT2D eigenvalue weighted by molar-refractivity contribution is 0.716. The van der Waals surface area contributed by atoms with Crippen molar-refractivity contribution < 1.29 is 0 Å². The third-order valence-corrected chi connectivity index (χ3v) is 4.16. The first-order valence-corrected chi connectivity index (χ1v) is 8.02. The Morgan fingerprint density at radius 1 is 1.10 bits per heavy atom. The van der Waals surface area contributed by atoms with Crippen molar-refractivity contribution in [2.75, 3.05) is 23.3 Å². The molecular formula is C19H24N2. The van der Waals surface area contributed by atoms with Gasteiger partial charge in [0.15, 0.2) is 0 Å². The molecule has 1 heterocycles. The first-order valence-electron chi connectivity index (χ1n) is 8.02. The summed E-state index contributed by atoms with van der Waals surface area (Å²) in [5.74, 6) is 0. The fourth-order valence-electron chi connectivity index (χ4n) is 2.96. The fraction of sp³-hybridized carbons (Fsp3) is 0.368. The molecule has 2 aromatic carbocycles. The van der Waals surface area contributed by atoms with E-state index in [9.17, 15) is 0 Å². The normalized spacial score (nSPS) is 12.8. The molecule has 0 fully saturated rings. The van der Waals surface area contributed by atoms with Crippen LogP contribution in [0.4, 0.5) is 11.4 Å². The summed E-state index contributed by atoms with van der Waals surface area (Å²) in [5, 5.41) is 3.43. The monoisotopic (exact) mass is 280 g/mol. The highest BCUT2D eigenvalue weighted by molar-refractivity contribution is 5.57. The Labute approximate surface area is 127 Å². The highest BCUT2D eigenvalue weighted by atomic mass is 15.1. The van der Waals surface area contributed by atoms with Gasteiger partial charge in [0.25, 0.3) is 0 Å². The summed E-state index contributed by atoms with van der Waals surface area (Å²) in [6.45, 7) is 5.45. The number of hydrogen-bond acceptors (Lipinski definition) is 2. The summed E-state index contributed by atoms with van der Waals surface area (Å²) < 4.78 is 0. The smallest absolute Gasteiger partial charge is 0.0429 e. The van der Waals surface area contributed by atoms with Gasteiger partial charge in [-0.1, -0.05) is 43.7 Å². The van der Waals surface area contributed by atoms with Crippen LogP contribution < -0.4 is 10.2 Å². The minimum Gasteiger partial charge on any atom is -0.384 e. The number of nitrogens with one attached hydrogen (secondary N) is 1. The zero-order chi connectivity index (χ0) is 14.5. The molecule has 1 N–H and O–H groups in total. The summed E-state index contributed by atoms with van der Waals surface area (Å²) in [6.07, 6.45) is 3.63. The topological polar surface area (TPSA) is 15.3 Å². The lowest BCUT2D eigenvalue weighted by atomic mass is 10.1. The summed E-state index contributed by atoms with van der Waals surface area (Å²) >= 11 is 0. The molecule has 0 aliphatic carbocycles. The number of nitrogens with zero attached hydrogens (tertiary/aromatic N) is 1. The minimum absolute atomic E-state index is 0.997. The number of anilines is 2. The van der Waals surface area contributed by atoms with E-state index in [1.54, 1.807) is 0 Å². The first-order chi connectivity index (χ1) is 10.4. The zero-order valence-corrected chi connectivity index (χ0v) is 12.8. The molecule has 2 nitrogen and oxygen atoms in total. The molecule has 2 heteroatoms. The second-order valence-electron chi connectivity index (χ2n) is 5.78. The number of para-hydroxylation sites is 1. The van der Waals surface area contributed by atoms with Crippen molar-refractivity contribution in [2.45, 2.75) is 32.7 Å². The predicted molar refractivity (Wildman–Crippen MR) is 91.0 cm³/mol. The van der Waals surface area contributed by atoms with E-state index in [1.165, 1.54) is 35.3 Å². The summed E-state index contributed by atoms with van der Waals surface area (Å²) in [7, 11) is 0. The predicted octanol–water partition coefficient (Wildman–Crippen LogP) is 4.46. The van der Waals surface area contributed by atoms with Crippen LogP contribution in [0.2, 0.25) is 0 Å². The van der Waals surface area contributed by atoms with Crippen LogP contribution in [0.3, 0.4) is 0 Å². The minimum atomic E-state index is 0.997. The molecule has 0 bridgehead atoms. The maximum Gasteiger partial charge on any atom is 0.0429 e. The molecule has 0 atom stereocenters. The van der Waals surface area contributed by atoms with Gasteiger partial charge in [0.1, 0.15) is 0 Å². The largest absolute Gasteiger partial charge is 0.384 e. The first kappa shape index (κ1) is 14.0. The van der Waals surface area contributed by atoms with E-state index in [0.29, 0.717) is 0 Å². The SMILES string of the molecule is CCCCN(Cc1ccc2c(c1)CCN2)c1ccccc1. The standard InChI is InChI=1S/C19H24N2/c1-2-3-13-21(18-7-5-4-6-8-18)15-16-9-10-19-17(14-16)11-12-20-19/h4-10,14,20H,2-3,11-13,15H2,1H3. The van der Waals surface area contributed by atoms with Crippen LogP contribution in [0.5, 0.6) is 0 Å². The third-order valence-electron chi connectivity index (χ3n) is 4.16. The average molecular weight is 280 g/mol. The van der Waals surface area contributed by atoms with E-state index in [4.69, 9.17) is 0 Å². The van der Waals surface area contributed by atoms with Crippen LogP contribution in [0.25, 0.3) is 0 Å². The van der Waals surface area contributed by atoms with E-state index >= 15 is 0 Å². The van der Waals surface area contributed by atoms with Gasteiger partial charge < -0.3 is 10.2 Å². The Morgan fingerprint density at radius 2 is 1.95 bits per heavy atom. The number of fused-ring (bicyclic) bond motifs is 1. The Balaban J connectivity index is 1.77. The van der Waals surface area contributed by atoms with Crippen LogP contribution in [0.1, 0.15) is 30.9 Å². The number of benzene rings is 2. The Bertz CT molecular complexity index is 577. The molecule has 0 radical (unpaired) electrons. The molecule has 0 saturated carbocycles. The van der Waals surface area contributed by atoms with Crippen molar-refractivity contribution in [2.24, 2.45) is 0 Å². The Hall–Kier alpha value is -1.96. The number of rotatable bonds is 6. The van der Waals surface area contributed by atoms with Crippen molar-refractivity contribution >= 4 is 11.4 Å². The molecule has 21 heavy (non-hydrogen) atoms. The van der Waals surface area contributed by atoms with Crippen LogP contribution >= 0.6 is 0 Å². The van der Waals surface area contributed by atoms with Gasteiger partial charge in [0.2, 0.25) is 0 Å². The molecule has 1 aliphatic heterocycles. The van der Waals surface area contributed by atoms with Crippen molar-refractivity contribution in [1.82, 2.24) is 0 Å². The van der Waals surface area contributed by atoms with Gasteiger partial charge in [0.05, 0.1) is 0 Å². The van der Waals surface area contributed by atoms with Gasteiger partial charge in [-0.25, -0.2) is 0 Å². The van der Waals surface area contributed by atoms with Gasteiger partial charge in [0, 0.05) is 31.0 Å². The summed E-state index contributed by atoms with van der Waals surface area (Å²) in [6, 6.07) is 17.6. The van der Waals surface area contributed by atoms with Crippen LogP contribution in [-0.4, -0.2) is 13.1 Å². The van der Waals surface area contributed by atoms with E-state index in [0.717, 1.165) is 26.1 Å². The van der Waals surface area contributed by atoms with Crippen molar-refractivity contribution in [3.8, 4) is 0 Å². The highest BCUT2D eigenvalue weighted by Gasteiger charge is 2.12. The summed E-state index contributed by atoms with van der Waals surface area (Å²) in [5.41, 5.74) is 5.52. The van der Waals surface area contributed by atoms with Gasteiger partial charge >= 0.3 is 0 Å². The Kier molecular flexibility index (Phi) is 4.44. The number of hydrogen-bond donors (Lipinski definition) is 1. The van der Waals surface area contributed by atoms with Crippen molar-refractivity contribution in [1.29, 1.82) is 0 Å². The van der Waals surface area contributed by atoms with E-state index < -0.39 is 0 Å². The fourth-order valence-corrected chi connectivity index (χ4v) is 2.96. The van der Waals surface area contributed by atoms with Gasteiger partial charge in [-0.3, -0.25) is 0 Å². The molecular weight excluding hydrogens is 256 g/mol. The molecule has 3 rings (SSSR count). The zero-order valence-electron chi connectivity index (χ0n) is 12.8. The third kappa shape index (κ3) is 3.38. The molecule has 0 spiro atoms. The van der Waals surface area contributed by atoms with Crippen LogP contribution in [-0.2, 0) is 13.0 Å². The van der Waals surface area contributed by atoms with E-state index in [-0.39, 0.29) is 0 Å². The molecule has 110 valence electrons. The van der Waals surface area contributed by atoms with Crippen LogP contribution in [0, 0.1) is 0 Å². The quantitative estimate of drug-likeness (QED) is 0.840. The maximum absolute atomic E-state index is 3.43. The second-order valence-corrected chi connectivity index (χ2v) is 5.78. The molecule has 0 unspecified atom stereocenters. The number of unbranched alkanes of at least 4 members (excludes halogenated alkanes) is 1. The summed E-state index contributed by atoms with van der Waals surface area (Å²) in [4.78, 5) is 2.49. The van der Waals surface area contributed by atoms with Crippen LogP contribution in [0.15, 0.2) is 48.5 Å². The van der Waals surface area contributed by atoms with Gasteiger partial charge in [-0.2, -0.15) is 0 Å². The molecule has 2 aromatic rings. The molecule has 0 aromatic heterocycles. The Morgan fingerprint density at radius 3 is 2.76 bits per heavy atom. The molecule has 1 aliphatic rings. The van der Waals surface area contributed by atoms with Gasteiger partial charge in [-0.05, 0) is 42.2 Å². The average Bonchev–Trinajstić information content (AvgIpc) is 3.00. The highest BCUT2D eigenvalue weighted by Crippen LogP contribution is 2.25. The maximum atomic E-state index is 3.43. The van der Waals surface area contributed by atoms with Gasteiger partial charge in [-0.15, -0.1) is 0 Å². The van der Waals surface area contributed by atoms with E-state index in [2.05, 4.69) is 65.7 Å². The van der Waals surface area contributed by atoms with Crippen molar-refractivity contribution in [3.05, 3.63) is 59.7 Å². The van der Waals surface area contributed by atoms with Crippen molar-refractivity contribution in [3.63, 3.8) is 0 Å². The second kappa shape index (κ2) is 6.66. The molecule has 0 saturated heterocycles. The lowest BCUT2D eigenvalue weighted by Crippen LogP contribution is -2.23. The van der Waals surface area contributed by atoms with E-state index in [1.807, 2.05) is 0 Å². The molecule has 0 amide bonds.